The van der Waals surface area contributed by atoms with Gasteiger partial charge in [-0.3, -0.25) is 0 Å². The molecule has 2 aliphatic rings. The zero-order valence-corrected chi connectivity index (χ0v) is 26.6. The molecule has 0 bridgehead atoms. The van der Waals surface area contributed by atoms with Gasteiger partial charge in [0.05, 0.1) is 0 Å². The Balaban J connectivity index is 1.16. The van der Waals surface area contributed by atoms with Gasteiger partial charge < -0.3 is 5.32 Å². The molecule has 0 atom stereocenters. The van der Waals surface area contributed by atoms with E-state index in [0.717, 1.165) is 24.2 Å². The second-order valence-corrected chi connectivity index (χ2v) is 13.8. The third-order valence-electron chi connectivity index (χ3n) is 10.4. The molecule has 0 fully saturated rings. The number of hydrogen-bond donors (Lipinski definition) is 1. The van der Waals surface area contributed by atoms with Crippen LogP contribution in [0.2, 0.25) is 0 Å². The van der Waals surface area contributed by atoms with E-state index in [1.54, 1.807) is 0 Å². The third kappa shape index (κ3) is 4.61. The van der Waals surface area contributed by atoms with Gasteiger partial charge in [0.25, 0.3) is 0 Å². The second kappa shape index (κ2) is 10.3. The van der Waals surface area contributed by atoms with Gasteiger partial charge in [0, 0.05) is 22.2 Å². The Morgan fingerprint density at radius 2 is 1.33 bits per heavy atom. The van der Waals surface area contributed by atoms with E-state index >= 15 is 0 Å². The topological polar surface area (TPSA) is 12.0 Å². The summed E-state index contributed by atoms with van der Waals surface area (Å²) >= 11 is 0. The van der Waals surface area contributed by atoms with Crippen molar-refractivity contribution in [3.8, 4) is 22.3 Å². The zero-order valence-electron chi connectivity index (χ0n) is 26.6. The molecule has 220 valence electrons. The maximum absolute atomic E-state index is 3.78. The molecule has 0 heterocycles. The Hall–Kier alpha value is -4.88. The third-order valence-corrected chi connectivity index (χ3v) is 10.4. The van der Waals surface area contributed by atoms with E-state index in [1.165, 1.54) is 65.7 Å². The Morgan fingerprint density at radius 3 is 2.22 bits per heavy atom. The molecule has 45 heavy (non-hydrogen) atoms. The highest BCUT2D eigenvalue weighted by molar-refractivity contribution is 5.87. The SMILES string of the molecule is CC(C)(C1=c2cc(Nc3ccc4c(c3)C(C)(C)c3ccccc3-4)ccc2=CCC1)c1cccc(-c2ccc3ccccc3c2)c1. The van der Waals surface area contributed by atoms with Crippen LogP contribution in [0.15, 0.2) is 127 Å². The van der Waals surface area contributed by atoms with Gasteiger partial charge in [-0.2, -0.15) is 0 Å². The molecule has 8 rings (SSSR count). The molecule has 0 spiro atoms. The van der Waals surface area contributed by atoms with Gasteiger partial charge in [-0.05, 0) is 103 Å². The molecular weight excluding hydrogens is 542 g/mol. The van der Waals surface area contributed by atoms with Crippen molar-refractivity contribution in [3.63, 3.8) is 0 Å². The summed E-state index contributed by atoms with van der Waals surface area (Å²) in [6.45, 7) is 9.48. The van der Waals surface area contributed by atoms with Crippen LogP contribution in [-0.2, 0) is 10.8 Å². The quantitative estimate of drug-likeness (QED) is 0.214. The largest absolute Gasteiger partial charge is 0.355 e. The fourth-order valence-electron chi connectivity index (χ4n) is 7.81. The summed E-state index contributed by atoms with van der Waals surface area (Å²) in [7, 11) is 0. The Kier molecular flexibility index (Phi) is 6.36. The highest BCUT2D eigenvalue weighted by atomic mass is 14.9. The lowest BCUT2D eigenvalue weighted by Crippen LogP contribution is -2.36. The predicted octanol–water partition coefficient (Wildman–Crippen LogP) is 10.3. The lowest BCUT2D eigenvalue weighted by Gasteiger charge is -2.31. The van der Waals surface area contributed by atoms with Crippen LogP contribution in [0.4, 0.5) is 11.4 Å². The Bertz CT molecular complexity index is 2250. The van der Waals surface area contributed by atoms with Crippen molar-refractivity contribution in [2.45, 2.75) is 51.4 Å². The molecule has 1 N–H and O–H groups in total. The molecule has 0 saturated heterocycles. The minimum absolute atomic E-state index is 0.0131. The van der Waals surface area contributed by atoms with Crippen molar-refractivity contribution in [3.05, 3.63) is 155 Å². The minimum atomic E-state index is -0.113. The minimum Gasteiger partial charge on any atom is -0.355 e. The van der Waals surface area contributed by atoms with E-state index in [1.807, 2.05) is 0 Å². The van der Waals surface area contributed by atoms with Crippen molar-refractivity contribution in [1.82, 2.24) is 0 Å². The molecular formula is C44H39N. The van der Waals surface area contributed by atoms with Gasteiger partial charge in [-0.15, -0.1) is 0 Å². The predicted molar refractivity (Wildman–Crippen MR) is 192 cm³/mol. The van der Waals surface area contributed by atoms with Crippen molar-refractivity contribution in [2.75, 3.05) is 5.32 Å². The van der Waals surface area contributed by atoms with Crippen LogP contribution in [0.25, 0.3) is 44.7 Å². The van der Waals surface area contributed by atoms with E-state index in [2.05, 4.69) is 166 Å². The normalized spacial score (nSPS) is 14.8. The van der Waals surface area contributed by atoms with E-state index in [9.17, 15) is 0 Å². The van der Waals surface area contributed by atoms with Crippen molar-refractivity contribution in [1.29, 1.82) is 0 Å². The first-order valence-corrected chi connectivity index (χ1v) is 16.2. The summed E-state index contributed by atoms with van der Waals surface area (Å²) in [6, 6.07) is 47.2. The standard InChI is InChI=1S/C44H39N/c1-43(2,34-15-9-14-32(26-34)33-20-19-29-11-5-6-12-31(29)25-33)41-18-10-13-30-21-22-35(27-39(30)41)45-36-23-24-38-37-16-7-8-17-40(37)44(3,4)42(38)28-36/h5-9,11-17,19-28,45H,10,18H2,1-4H3. The number of hydrogen-bond acceptors (Lipinski definition) is 1. The van der Waals surface area contributed by atoms with E-state index < -0.39 is 0 Å². The highest BCUT2D eigenvalue weighted by Gasteiger charge is 2.35. The smallest absolute Gasteiger partial charge is 0.0390 e. The van der Waals surface area contributed by atoms with Crippen LogP contribution in [0, 0.1) is 0 Å². The summed E-state index contributed by atoms with van der Waals surface area (Å²) in [6.07, 6.45) is 4.54. The molecule has 0 saturated carbocycles. The summed E-state index contributed by atoms with van der Waals surface area (Å²) in [4.78, 5) is 0. The van der Waals surface area contributed by atoms with Crippen molar-refractivity contribution < 1.29 is 0 Å². The molecule has 6 aromatic carbocycles. The molecule has 1 heteroatoms. The van der Waals surface area contributed by atoms with Crippen molar-refractivity contribution in [2.24, 2.45) is 0 Å². The molecule has 0 radical (unpaired) electrons. The average Bonchev–Trinajstić information content (AvgIpc) is 3.30. The first-order chi connectivity index (χ1) is 21.8. The summed E-state index contributed by atoms with van der Waals surface area (Å²) in [5, 5.41) is 9.04. The summed E-state index contributed by atoms with van der Waals surface area (Å²) in [5.74, 6) is 0. The van der Waals surface area contributed by atoms with E-state index in [4.69, 9.17) is 0 Å². The first-order valence-electron chi connectivity index (χ1n) is 16.2. The zero-order chi connectivity index (χ0) is 30.8. The van der Waals surface area contributed by atoms with Crippen LogP contribution in [0.3, 0.4) is 0 Å². The molecule has 0 aliphatic heterocycles. The van der Waals surface area contributed by atoms with Crippen LogP contribution in [-0.4, -0.2) is 0 Å². The molecule has 0 aromatic heterocycles. The van der Waals surface area contributed by atoms with Crippen LogP contribution < -0.4 is 15.8 Å². The second-order valence-electron chi connectivity index (χ2n) is 13.8. The monoisotopic (exact) mass is 581 g/mol. The fraction of sp³-hybridized carbons (Fsp3) is 0.182. The molecule has 1 nitrogen and oxygen atoms in total. The maximum atomic E-state index is 3.78. The average molecular weight is 582 g/mol. The van der Waals surface area contributed by atoms with Gasteiger partial charge in [-0.1, -0.05) is 136 Å². The first kappa shape index (κ1) is 27.7. The Morgan fingerprint density at radius 1 is 0.600 bits per heavy atom. The van der Waals surface area contributed by atoms with E-state index in [0.29, 0.717) is 0 Å². The fourth-order valence-corrected chi connectivity index (χ4v) is 7.81. The number of fused-ring (bicyclic) bond motifs is 5. The van der Waals surface area contributed by atoms with Crippen LogP contribution in [0.1, 0.15) is 57.2 Å². The summed E-state index contributed by atoms with van der Waals surface area (Å²) < 4.78 is 0. The number of rotatable bonds is 5. The van der Waals surface area contributed by atoms with E-state index in [-0.39, 0.29) is 10.8 Å². The number of benzene rings is 6. The van der Waals surface area contributed by atoms with Crippen LogP contribution >= 0.6 is 0 Å². The maximum Gasteiger partial charge on any atom is 0.0390 e. The molecule has 0 unspecified atom stereocenters. The highest BCUT2D eigenvalue weighted by Crippen LogP contribution is 2.49. The number of anilines is 2. The van der Waals surface area contributed by atoms with Gasteiger partial charge in [0.2, 0.25) is 0 Å². The van der Waals surface area contributed by atoms with Gasteiger partial charge in [0.15, 0.2) is 0 Å². The lowest BCUT2D eigenvalue weighted by atomic mass is 9.73. The molecule has 6 aromatic rings. The van der Waals surface area contributed by atoms with Gasteiger partial charge in [0.1, 0.15) is 0 Å². The van der Waals surface area contributed by atoms with Gasteiger partial charge >= 0.3 is 0 Å². The molecule has 2 aliphatic carbocycles. The Labute approximate surface area is 266 Å². The lowest BCUT2D eigenvalue weighted by molar-refractivity contribution is 0.659. The molecule has 0 amide bonds. The number of nitrogens with one attached hydrogen (secondary N) is 1. The summed E-state index contributed by atoms with van der Waals surface area (Å²) in [5.41, 5.74) is 13.1. The van der Waals surface area contributed by atoms with Gasteiger partial charge in [-0.25, -0.2) is 0 Å². The van der Waals surface area contributed by atoms with Crippen LogP contribution in [0.5, 0.6) is 0 Å². The van der Waals surface area contributed by atoms with Crippen molar-refractivity contribution >= 4 is 33.8 Å².